The maximum atomic E-state index is 12.6. The van der Waals surface area contributed by atoms with E-state index in [9.17, 15) is 4.79 Å². The highest BCUT2D eigenvalue weighted by atomic mass is 32.1. The molecule has 2 aromatic heterocycles. The number of urea groups is 1. The highest BCUT2D eigenvalue weighted by Crippen LogP contribution is 2.46. The number of carbonyl (C=O) groups is 1. The molecule has 0 unspecified atom stereocenters. The minimum absolute atomic E-state index is 0.444. The van der Waals surface area contributed by atoms with E-state index in [1.807, 2.05) is 31.2 Å². The van der Waals surface area contributed by atoms with Crippen molar-refractivity contribution in [2.24, 2.45) is 5.73 Å². The predicted molar refractivity (Wildman–Crippen MR) is 122 cm³/mol. The fourth-order valence-corrected chi connectivity index (χ4v) is 5.91. The van der Waals surface area contributed by atoms with Crippen LogP contribution in [0.25, 0.3) is 20.2 Å². The summed E-state index contributed by atoms with van der Waals surface area (Å²) >= 11 is 3.34. The van der Waals surface area contributed by atoms with Crippen LogP contribution in [0.3, 0.4) is 0 Å². The summed E-state index contributed by atoms with van der Waals surface area (Å²) in [4.78, 5) is 18.7. The molecule has 6 heteroatoms. The van der Waals surface area contributed by atoms with Crippen LogP contribution in [0.5, 0.6) is 0 Å². The molecule has 4 nitrogen and oxygen atoms in total. The zero-order chi connectivity index (χ0) is 20.4. The normalized spacial score (nSPS) is 11.9. The maximum Gasteiger partial charge on any atom is 0.339 e. The number of nitrogens with zero attached hydrogens (tertiary/aromatic N) is 1. The molecule has 4 rings (SSSR count). The molecule has 0 radical (unpaired) electrons. The van der Waals surface area contributed by atoms with Crippen LogP contribution in [0.1, 0.15) is 37.8 Å². The first kappa shape index (κ1) is 19.9. The molecule has 2 N–H and O–H groups in total. The molecule has 0 saturated heterocycles. The molecule has 0 fully saturated rings. The second-order valence-electron chi connectivity index (χ2n) is 7.18. The number of rotatable bonds is 7. The minimum Gasteiger partial charge on any atom is -0.350 e. The molecule has 0 bridgehead atoms. The third kappa shape index (κ3) is 3.41. The van der Waals surface area contributed by atoms with E-state index < -0.39 is 11.6 Å². The molecule has 150 valence electrons. The fourth-order valence-electron chi connectivity index (χ4n) is 3.79. The number of unbranched alkanes of at least 4 members (excludes halogenated alkanes) is 1. The Balaban J connectivity index is 1.96. The lowest BCUT2D eigenvalue weighted by molar-refractivity contribution is -0.166. The van der Waals surface area contributed by atoms with Crippen LogP contribution in [-0.4, -0.2) is 17.7 Å². The number of hydrogen-bond acceptors (Lipinski definition) is 4. The van der Waals surface area contributed by atoms with Gasteiger partial charge in [-0.15, -0.1) is 22.7 Å². The van der Waals surface area contributed by atoms with Crippen LogP contribution in [0.4, 0.5) is 4.79 Å². The van der Waals surface area contributed by atoms with E-state index in [2.05, 4.69) is 41.9 Å². The monoisotopic (exact) mass is 424 g/mol. The molecule has 0 aliphatic carbocycles. The van der Waals surface area contributed by atoms with E-state index >= 15 is 0 Å². The molecule has 2 amide bonds. The van der Waals surface area contributed by atoms with Gasteiger partial charge in [-0.1, -0.05) is 49.7 Å². The molecule has 0 atom stereocenters. The average Bonchev–Trinajstić information content (AvgIpc) is 3.35. The largest absolute Gasteiger partial charge is 0.350 e. The number of benzene rings is 2. The molecule has 4 aromatic rings. The Kier molecular flexibility index (Phi) is 5.58. The molecule has 0 saturated carbocycles. The van der Waals surface area contributed by atoms with E-state index in [1.54, 1.807) is 22.7 Å². The number of nitrogens with two attached hydrogens (primary N) is 1. The van der Waals surface area contributed by atoms with Gasteiger partial charge in [-0.05, 0) is 47.0 Å². The first-order valence-electron chi connectivity index (χ1n) is 9.73. The van der Waals surface area contributed by atoms with Crippen molar-refractivity contribution in [1.29, 1.82) is 0 Å². The van der Waals surface area contributed by atoms with E-state index in [4.69, 9.17) is 10.6 Å². The van der Waals surface area contributed by atoms with Crippen molar-refractivity contribution >= 4 is 48.9 Å². The summed E-state index contributed by atoms with van der Waals surface area (Å²) in [5, 5.41) is 7.85. The molecular weight excluding hydrogens is 400 g/mol. The van der Waals surface area contributed by atoms with Crippen LogP contribution < -0.4 is 5.73 Å². The highest BCUT2D eigenvalue weighted by molar-refractivity contribution is 7.17. The quantitative estimate of drug-likeness (QED) is 0.272. The summed E-state index contributed by atoms with van der Waals surface area (Å²) in [7, 11) is 0. The van der Waals surface area contributed by atoms with Crippen LogP contribution in [0.2, 0.25) is 0 Å². The lowest BCUT2D eigenvalue weighted by atomic mass is 9.84. The van der Waals surface area contributed by atoms with Gasteiger partial charge in [0.05, 0.1) is 6.61 Å². The van der Waals surface area contributed by atoms with Crippen molar-refractivity contribution in [1.82, 2.24) is 5.06 Å². The Morgan fingerprint density at radius 2 is 1.52 bits per heavy atom. The van der Waals surface area contributed by atoms with Gasteiger partial charge < -0.3 is 5.73 Å². The van der Waals surface area contributed by atoms with Crippen molar-refractivity contribution < 1.29 is 9.63 Å². The summed E-state index contributed by atoms with van der Waals surface area (Å²) in [5.41, 5.74) is 7.08. The Labute approximate surface area is 178 Å². The minimum atomic E-state index is -0.848. The van der Waals surface area contributed by atoms with Crippen molar-refractivity contribution in [2.45, 2.75) is 32.2 Å². The van der Waals surface area contributed by atoms with Gasteiger partial charge >= 0.3 is 6.03 Å². The van der Waals surface area contributed by atoms with E-state index in [0.29, 0.717) is 6.61 Å². The van der Waals surface area contributed by atoms with Crippen molar-refractivity contribution in [2.75, 3.05) is 6.61 Å². The number of hydrogen-bond donors (Lipinski definition) is 1. The zero-order valence-corrected chi connectivity index (χ0v) is 18.2. The van der Waals surface area contributed by atoms with E-state index in [1.165, 1.54) is 14.5 Å². The molecule has 0 aliphatic rings. The molecule has 29 heavy (non-hydrogen) atoms. The predicted octanol–water partition coefficient (Wildman–Crippen LogP) is 6.49. The Morgan fingerprint density at radius 3 is 2.00 bits per heavy atom. The Morgan fingerprint density at radius 1 is 1.00 bits per heavy atom. The maximum absolute atomic E-state index is 12.6. The van der Waals surface area contributed by atoms with Crippen LogP contribution >= 0.6 is 22.7 Å². The van der Waals surface area contributed by atoms with E-state index in [-0.39, 0.29) is 0 Å². The number of primary amides is 1. The standard InChI is InChI=1S/C23H24N2O2S2/c1-3-4-13-27-25(22(24)26)23(2,18-14-28-20-11-7-5-9-16(18)20)19-15-29-21-12-8-6-10-17(19)21/h5-12,14-15H,3-4,13H2,1-2H3,(H2,24,26). The van der Waals surface area contributed by atoms with Gasteiger partial charge in [0.1, 0.15) is 5.54 Å². The smallest absolute Gasteiger partial charge is 0.339 e. The topological polar surface area (TPSA) is 55.6 Å². The van der Waals surface area contributed by atoms with Gasteiger partial charge in [0.25, 0.3) is 0 Å². The SMILES string of the molecule is CCCCON(C(N)=O)C(C)(c1csc2ccccc12)c1csc2ccccc12. The summed E-state index contributed by atoms with van der Waals surface area (Å²) in [6.45, 7) is 4.57. The number of carbonyl (C=O) groups excluding carboxylic acids is 1. The second kappa shape index (κ2) is 8.14. The fraction of sp³-hybridized carbons (Fsp3) is 0.261. The van der Waals surface area contributed by atoms with Gasteiger partial charge in [0, 0.05) is 20.5 Å². The van der Waals surface area contributed by atoms with Gasteiger partial charge in [0.2, 0.25) is 0 Å². The third-order valence-corrected chi connectivity index (χ3v) is 7.26. The van der Waals surface area contributed by atoms with Crippen molar-refractivity contribution in [3.63, 3.8) is 0 Å². The van der Waals surface area contributed by atoms with Crippen LogP contribution in [-0.2, 0) is 10.4 Å². The number of fused-ring (bicyclic) bond motifs is 2. The number of thiophene rings is 2. The van der Waals surface area contributed by atoms with Crippen molar-refractivity contribution in [3.05, 3.63) is 70.4 Å². The van der Waals surface area contributed by atoms with Gasteiger partial charge in [0.15, 0.2) is 0 Å². The van der Waals surface area contributed by atoms with E-state index in [0.717, 1.165) is 34.7 Å². The summed E-state index contributed by atoms with van der Waals surface area (Å²) < 4.78 is 2.34. The summed E-state index contributed by atoms with van der Waals surface area (Å²) in [6, 6.07) is 15.9. The average molecular weight is 425 g/mol. The summed E-state index contributed by atoms with van der Waals surface area (Å²) in [6.07, 6.45) is 1.83. The zero-order valence-electron chi connectivity index (χ0n) is 16.6. The molecule has 0 aliphatic heterocycles. The molecule has 0 spiro atoms. The Hall–Kier alpha value is -2.41. The van der Waals surface area contributed by atoms with Crippen molar-refractivity contribution in [3.8, 4) is 0 Å². The first-order chi connectivity index (χ1) is 14.1. The Bertz CT molecular complexity index is 1070. The molecular formula is C23H24N2O2S2. The van der Waals surface area contributed by atoms with Gasteiger partial charge in [-0.25, -0.2) is 4.79 Å². The van der Waals surface area contributed by atoms with Gasteiger partial charge in [-0.3, -0.25) is 4.84 Å². The lowest BCUT2D eigenvalue weighted by Crippen LogP contribution is -2.50. The first-order valence-corrected chi connectivity index (χ1v) is 11.5. The number of hydroxylamine groups is 2. The summed E-state index contributed by atoms with van der Waals surface area (Å²) in [5.74, 6) is 0. The van der Waals surface area contributed by atoms with Gasteiger partial charge in [-0.2, -0.15) is 5.06 Å². The molecule has 2 heterocycles. The second-order valence-corrected chi connectivity index (χ2v) is 9.01. The van der Waals surface area contributed by atoms with Crippen LogP contribution in [0, 0.1) is 0 Å². The van der Waals surface area contributed by atoms with Crippen LogP contribution in [0.15, 0.2) is 59.3 Å². The number of amides is 2. The third-order valence-electron chi connectivity index (χ3n) is 5.34. The highest BCUT2D eigenvalue weighted by Gasteiger charge is 2.42. The lowest BCUT2D eigenvalue weighted by Gasteiger charge is -2.39. The molecule has 2 aromatic carbocycles.